The smallest absolute Gasteiger partial charge is 0.311 e. The molecule has 0 spiro atoms. The predicted molar refractivity (Wildman–Crippen MR) is 92.9 cm³/mol. The van der Waals surface area contributed by atoms with Crippen LogP contribution in [0.2, 0.25) is 0 Å². The quantitative estimate of drug-likeness (QED) is 0.713. The third kappa shape index (κ3) is 4.37. The SMILES string of the molecule is COc1cc(CC(=O)NCC2(C(=O)O)CCOCC2)cc(OC)c1OC. The molecular formula is C18H25NO7. The fourth-order valence-corrected chi connectivity index (χ4v) is 2.98. The van der Waals surface area contributed by atoms with Crippen molar-refractivity contribution in [1.29, 1.82) is 0 Å². The van der Waals surface area contributed by atoms with E-state index in [1.165, 1.54) is 21.3 Å². The molecule has 1 saturated heterocycles. The number of hydrogen-bond donors (Lipinski definition) is 2. The standard InChI is InChI=1S/C18H25NO7/c1-23-13-8-12(9-14(24-2)16(13)25-3)10-15(20)19-11-18(17(21)22)4-6-26-7-5-18/h8-9H,4-7,10-11H2,1-3H3,(H,19,20)(H,21,22). The van der Waals surface area contributed by atoms with Crippen LogP contribution in [0, 0.1) is 5.41 Å². The van der Waals surface area contributed by atoms with Crippen molar-refractivity contribution in [3.63, 3.8) is 0 Å². The first-order chi connectivity index (χ1) is 12.5. The van der Waals surface area contributed by atoms with Crippen molar-refractivity contribution in [2.24, 2.45) is 5.41 Å². The van der Waals surface area contributed by atoms with E-state index in [1.54, 1.807) is 12.1 Å². The maximum absolute atomic E-state index is 12.3. The maximum Gasteiger partial charge on any atom is 0.311 e. The van der Waals surface area contributed by atoms with Crippen LogP contribution in [0.25, 0.3) is 0 Å². The topological polar surface area (TPSA) is 103 Å². The van der Waals surface area contributed by atoms with E-state index in [0.717, 1.165) is 0 Å². The van der Waals surface area contributed by atoms with E-state index < -0.39 is 11.4 Å². The summed E-state index contributed by atoms with van der Waals surface area (Å²) in [7, 11) is 4.51. The fourth-order valence-electron chi connectivity index (χ4n) is 2.98. The van der Waals surface area contributed by atoms with Crippen LogP contribution in [0.1, 0.15) is 18.4 Å². The van der Waals surface area contributed by atoms with Crippen LogP contribution in [-0.4, -0.2) is 58.1 Å². The second-order valence-electron chi connectivity index (χ2n) is 6.18. The number of methoxy groups -OCH3 is 3. The Balaban J connectivity index is 2.06. The van der Waals surface area contributed by atoms with Gasteiger partial charge in [0.05, 0.1) is 33.2 Å². The van der Waals surface area contributed by atoms with Gasteiger partial charge in [-0.15, -0.1) is 0 Å². The van der Waals surface area contributed by atoms with Crippen molar-refractivity contribution in [2.75, 3.05) is 41.1 Å². The van der Waals surface area contributed by atoms with Gasteiger partial charge in [0.1, 0.15) is 0 Å². The Morgan fingerprint density at radius 1 is 1.12 bits per heavy atom. The summed E-state index contributed by atoms with van der Waals surface area (Å²) in [4.78, 5) is 24.0. The van der Waals surface area contributed by atoms with Gasteiger partial charge < -0.3 is 29.4 Å². The first-order valence-electron chi connectivity index (χ1n) is 8.32. The van der Waals surface area contributed by atoms with Gasteiger partial charge in [-0.3, -0.25) is 9.59 Å². The largest absolute Gasteiger partial charge is 0.493 e. The number of carbonyl (C=O) groups excluding carboxylic acids is 1. The Morgan fingerprint density at radius 3 is 2.15 bits per heavy atom. The Morgan fingerprint density at radius 2 is 1.69 bits per heavy atom. The van der Waals surface area contributed by atoms with Crippen LogP contribution in [0.15, 0.2) is 12.1 Å². The lowest BCUT2D eigenvalue weighted by Gasteiger charge is -2.33. The van der Waals surface area contributed by atoms with Crippen LogP contribution in [0.4, 0.5) is 0 Å². The first-order valence-corrected chi connectivity index (χ1v) is 8.32. The maximum atomic E-state index is 12.3. The molecule has 0 saturated carbocycles. The predicted octanol–water partition coefficient (Wildman–Crippen LogP) is 1.25. The third-order valence-corrected chi connectivity index (χ3v) is 4.62. The molecule has 1 aliphatic heterocycles. The molecule has 1 aliphatic rings. The van der Waals surface area contributed by atoms with Crippen molar-refractivity contribution < 1.29 is 33.6 Å². The number of carbonyl (C=O) groups is 2. The van der Waals surface area contributed by atoms with Gasteiger partial charge >= 0.3 is 5.97 Å². The molecule has 8 heteroatoms. The van der Waals surface area contributed by atoms with Crippen LogP contribution in [0.3, 0.4) is 0 Å². The lowest BCUT2D eigenvalue weighted by Crippen LogP contribution is -2.46. The van der Waals surface area contributed by atoms with Crippen molar-refractivity contribution in [2.45, 2.75) is 19.3 Å². The number of carboxylic acid groups (broad SMARTS) is 1. The van der Waals surface area contributed by atoms with Gasteiger partial charge in [0.15, 0.2) is 11.5 Å². The van der Waals surface area contributed by atoms with Crippen molar-refractivity contribution in [3.8, 4) is 17.2 Å². The van der Waals surface area contributed by atoms with E-state index >= 15 is 0 Å². The monoisotopic (exact) mass is 367 g/mol. The molecule has 1 aromatic rings. The lowest BCUT2D eigenvalue weighted by molar-refractivity contribution is -0.154. The summed E-state index contributed by atoms with van der Waals surface area (Å²) in [6.45, 7) is 0.846. The van der Waals surface area contributed by atoms with Gasteiger partial charge in [0.2, 0.25) is 11.7 Å². The molecule has 144 valence electrons. The average molecular weight is 367 g/mol. The van der Waals surface area contributed by atoms with Gasteiger partial charge in [0.25, 0.3) is 0 Å². The molecule has 2 rings (SSSR count). The van der Waals surface area contributed by atoms with Crippen LogP contribution in [0.5, 0.6) is 17.2 Å². The fraction of sp³-hybridized carbons (Fsp3) is 0.556. The van der Waals surface area contributed by atoms with Crippen LogP contribution in [-0.2, 0) is 20.7 Å². The average Bonchev–Trinajstić information content (AvgIpc) is 2.66. The number of benzene rings is 1. The zero-order chi connectivity index (χ0) is 19.2. The zero-order valence-electron chi connectivity index (χ0n) is 15.3. The second-order valence-corrected chi connectivity index (χ2v) is 6.18. The summed E-state index contributed by atoms with van der Waals surface area (Å²) in [6, 6.07) is 3.39. The van der Waals surface area contributed by atoms with E-state index in [0.29, 0.717) is 48.9 Å². The Kier molecular flexibility index (Phi) is 6.68. The van der Waals surface area contributed by atoms with E-state index in [2.05, 4.69) is 5.32 Å². The normalized spacial score (nSPS) is 15.8. The molecule has 0 radical (unpaired) electrons. The molecule has 0 unspecified atom stereocenters. The summed E-state index contributed by atoms with van der Waals surface area (Å²) < 4.78 is 21.0. The van der Waals surface area contributed by atoms with Crippen LogP contribution >= 0.6 is 0 Å². The molecule has 8 nitrogen and oxygen atoms in total. The Bertz CT molecular complexity index is 628. The van der Waals surface area contributed by atoms with Crippen molar-refractivity contribution in [1.82, 2.24) is 5.32 Å². The zero-order valence-corrected chi connectivity index (χ0v) is 15.3. The van der Waals surface area contributed by atoms with Crippen LogP contribution < -0.4 is 19.5 Å². The van der Waals surface area contributed by atoms with Crippen molar-refractivity contribution in [3.05, 3.63) is 17.7 Å². The van der Waals surface area contributed by atoms with E-state index in [9.17, 15) is 14.7 Å². The highest BCUT2D eigenvalue weighted by atomic mass is 16.5. The lowest BCUT2D eigenvalue weighted by atomic mass is 9.80. The number of amides is 1. The third-order valence-electron chi connectivity index (χ3n) is 4.62. The number of ether oxygens (including phenoxy) is 4. The van der Waals surface area contributed by atoms with Gasteiger partial charge in [-0.25, -0.2) is 0 Å². The minimum atomic E-state index is -0.969. The Hall–Kier alpha value is -2.48. The van der Waals surface area contributed by atoms with Gasteiger partial charge in [-0.1, -0.05) is 0 Å². The van der Waals surface area contributed by atoms with E-state index in [1.807, 2.05) is 0 Å². The number of rotatable bonds is 8. The second kappa shape index (κ2) is 8.75. The highest BCUT2D eigenvalue weighted by Crippen LogP contribution is 2.38. The number of nitrogens with one attached hydrogen (secondary N) is 1. The summed E-state index contributed by atoms with van der Waals surface area (Å²) >= 11 is 0. The highest BCUT2D eigenvalue weighted by molar-refractivity contribution is 5.81. The molecular weight excluding hydrogens is 342 g/mol. The molecule has 26 heavy (non-hydrogen) atoms. The molecule has 1 amide bonds. The molecule has 1 aromatic carbocycles. The van der Waals surface area contributed by atoms with Gasteiger partial charge in [-0.05, 0) is 30.5 Å². The minimum Gasteiger partial charge on any atom is -0.493 e. The van der Waals surface area contributed by atoms with E-state index in [4.69, 9.17) is 18.9 Å². The number of aliphatic carboxylic acids is 1. The highest BCUT2D eigenvalue weighted by Gasteiger charge is 2.40. The van der Waals surface area contributed by atoms with E-state index in [-0.39, 0.29) is 18.9 Å². The summed E-state index contributed by atoms with van der Waals surface area (Å²) in [5.41, 5.74) is -0.295. The number of carboxylic acids is 1. The molecule has 1 fully saturated rings. The summed E-state index contributed by atoms with van der Waals surface area (Å²) in [6.07, 6.45) is 0.836. The summed E-state index contributed by atoms with van der Waals surface area (Å²) in [5, 5.41) is 12.3. The molecule has 0 atom stereocenters. The van der Waals surface area contributed by atoms with Crippen molar-refractivity contribution >= 4 is 11.9 Å². The first kappa shape index (κ1) is 19.8. The molecule has 2 N–H and O–H groups in total. The minimum absolute atomic E-state index is 0.0723. The molecule has 1 heterocycles. The van der Waals surface area contributed by atoms with Gasteiger partial charge in [-0.2, -0.15) is 0 Å². The molecule has 0 aromatic heterocycles. The molecule has 0 aliphatic carbocycles. The molecule has 0 bridgehead atoms. The van der Waals surface area contributed by atoms with Gasteiger partial charge in [0, 0.05) is 19.8 Å². The summed E-state index contributed by atoms with van der Waals surface area (Å²) in [5.74, 6) is 0.189. The number of hydrogen-bond acceptors (Lipinski definition) is 6. The Labute approximate surface area is 152 Å².